The van der Waals surface area contributed by atoms with Crippen molar-refractivity contribution in [3.63, 3.8) is 0 Å². The molecule has 2 N–H and O–H groups in total. The molecule has 0 radical (unpaired) electrons. The fourth-order valence-electron chi connectivity index (χ4n) is 3.00. The minimum absolute atomic E-state index is 0.0523. The van der Waals surface area contributed by atoms with Crippen molar-refractivity contribution in [2.24, 2.45) is 0 Å². The molecule has 2 heterocycles. The number of imide groups is 4. The minimum Gasteiger partial charge on any atom is -0.273 e. The van der Waals surface area contributed by atoms with Crippen LogP contribution in [0.1, 0.15) is 11.1 Å². The zero-order valence-electron chi connectivity index (χ0n) is 16.8. The van der Waals surface area contributed by atoms with Gasteiger partial charge in [-0.2, -0.15) is 0 Å². The van der Waals surface area contributed by atoms with Crippen LogP contribution in [0.2, 0.25) is 0 Å². The number of hydrogen-bond acceptors (Lipinski definition) is 6. The molecule has 0 aliphatic carbocycles. The highest BCUT2D eigenvalue weighted by Crippen LogP contribution is 2.18. The maximum absolute atomic E-state index is 12.5. The molecular weight excluding hydrogens is 416 g/mol. The summed E-state index contributed by atoms with van der Waals surface area (Å²) in [7, 11) is 0. The Hall–Kier alpha value is -4.60. The summed E-state index contributed by atoms with van der Waals surface area (Å²) in [5.74, 6) is -3.13. The molecule has 3 rings (SSSR count). The summed E-state index contributed by atoms with van der Waals surface area (Å²) in [5.41, 5.74) is 0.499. The maximum atomic E-state index is 12.5. The van der Waals surface area contributed by atoms with Crippen molar-refractivity contribution in [1.29, 1.82) is 0 Å². The molecule has 8 amide bonds. The van der Waals surface area contributed by atoms with Crippen molar-refractivity contribution >= 4 is 47.8 Å². The van der Waals surface area contributed by atoms with Crippen LogP contribution in [-0.2, 0) is 19.2 Å². The highest BCUT2D eigenvalue weighted by molar-refractivity contribution is 6.31. The third-order valence-corrected chi connectivity index (χ3v) is 4.55. The number of barbiturate groups is 2. The van der Waals surface area contributed by atoms with E-state index in [4.69, 9.17) is 0 Å². The lowest BCUT2D eigenvalue weighted by Crippen LogP contribution is -2.54. The van der Waals surface area contributed by atoms with Gasteiger partial charge in [0, 0.05) is 13.1 Å². The monoisotopic (exact) mass is 434 g/mol. The van der Waals surface area contributed by atoms with Crippen molar-refractivity contribution in [3.8, 4) is 0 Å². The number of carbonyl (C=O) groups is 6. The zero-order valence-corrected chi connectivity index (χ0v) is 16.8. The molecule has 0 aromatic heterocycles. The van der Waals surface area contributed by atoms with E-state index in [9.17, 15) is 28.8 Å². The number of hydrogen-bond donors (Lipinski definition) is 2. The summed E-state index contributed by atoms with van der Waals surface area (Å²) >= 11 is 0. The largest absolute Gasteiger partial charge is 0.331 e. The summed E-state index contributed by atoms with van der Waals surface area (Å²) in [5, 5.41) is 4.18. The van der Waals surface area contributed by atoms with E-state index >= 15 is 0 Å². The molecule has 1 aromatic carbocycles. The average molecular weight is 434 g/mol. The van der Waals surface area contributed by atoms with Crippen LogP contribution >= 0.6 is 0 Å². The average Bonchev–Trinajstić information content (AvgIpc) is 2.75. The fourth-order valence-corrected chi connectivity index (χ4v) is 3.00. The number of nitrogens with one attached hydrogen (secondary N) is 2. The van der Waals surface area contributed by atoms with Gasteiger partial charge in [-0.25, -0.2) is 9.59 Å². The van der Waals surface area contributed by atoms with Gasteiger partial charge in [0.1, 0.15) is 11.1 Å². The van der Waals surface area contributed by atoms with E-state index in [-0.39, 0.29) is 24.2 Å². The van der Waals surface area contributed by atoms with Crippen LogP contribution in [-0.4, -0.2) is 58.6 Å². The van der Waals surface area contributed by atoms with E-state index in [1.54, 1.807) is 24.3 Å². The predicted molar refractivity (Wildman–Crippen MR) is 113 cm³/mol. The van der Waals surface area contributed by atoms with Gasteiger partial charge in [0.25, 0.3) is 23.6 Å². The van der Waals surface area contributed by atoms with Gasteiger partial charge >= 0.3 is 12.1 Å². The van der Waals surface area contributed by atoms with Gasteiger partial charge in [-0.3, -0.25) is 39.6 Å². The lowest BCUT2D eigenvalue weighted by atomic mass is 10.0. The summed E-state index contributed by atoms with van der Waals surface area (Å²) < 4.78 is 0. The van der Waals surface area contributed by atoms with Gasteiger partial charge in [0.05, 0.1) is 0 Å². The molecule has 0 saturated carbocycles. The second kappa shape index (κ2) is 9.04. The Balaban J connectivity index is 1.86. The SMILES string of the molecule is C=CCN1C(=O)NC(=O)/C(=C/c2ccc(/C=C3\C(=O)NC(=O)N(CC=C)C3=O)cc2)C1=O. The Bertz CT molecular complexity index is 1040. The first-order valence-corrected chi connectivity index (χ1v) is 9.36. The third kappa shape index (κ3) is 4.29. The summed E-state index contributed by atoms with van der Waals surface area (Å²) in [6, 6.07) is 4.60. The van der Waals surface area contributed by atoms with Gasteiger partial charge in [0.15, 0.2) is 0 Å². The first-order chi connectivity index (χ1) is 15.3. The van der Waals surface area contributed by atoms with E-state index < -0.39 is 35.7 Å². The predicted octanol–water partition coefficient (Wildman–Crippen LogP) is 0.982. The Kier molecular flexibility index (Phi) is 6.24. The van der Waals surface area contributed by atoms with Crippen molar-refractivity contribution in [1.82, 2.24) is 20.4 Å². The molecule has 10 heteroatoms. The lowest BCUT2D eigenvalue weighted by molar-refractivity contribution is -0.131. The molecule has 2 saturated heterocycles. The van der Waals surface area contributed by atoms with E-state index in [2.05, 4.69) is 23.8 Å². The molecule has 2 aliphatic rings. The number of nitrogens with zero attached hydrogens (tertiary/aromatic N) is 2. The van der Waals surface area contributed by atoms with Gasteiger partial charge in [-0.15, -0.1) is 13.2 Å². The number of rotatable bonds is 6. The highest BCUT2D eigenvalue weighted by atomic mass is 16.2. The molecule has 162 valence electrons. The van der Waals surface area contributed by atoms with Crippen molar-refractivity contribution in [2.45, 2.75) is 0 Å². The third-order valence-electron chi connectivity index (χ3n) is 4.55. The second-order valence-electron chi connectivity index (χ2n) is 6.71. The summed E-state index contributed by atoms with van der Waals surface area (Å²) in [6.45, 7) is 6.85. The molecule has 1 aromatic rings. The lowest BCUT2D eigenvalue weighted by Gasteiger charge is -2.25. The fraction of sp³-hybridized carbons (Fsp3) is 0.0909. The molecule has 0 spiro atoms. The van der Waals surface area contributed by atoms with Crippen molar-refractivity contribution < 1.29 is 28.8 Å². The second-order valence-corrected chi connectivity index (χ2v) is 6.71. The topological polar surface area (TPSA) is 133 Å². The first-order valence-electron chi connectivity index (χ1n) is 9.36. The molecular formula is C22H18N4O6. The zero-order chi connectivity index (χ0) is 23.4. The molecule has 32 heavy (non-hydrogen) atoms. The molecule has 0 bridgehead atoms. The number of benzene rings is 1. The van der Waals surface area contributed by atoms with E-state index in [0.717, 1.165) is 9.80 Å². The highest BCUT2D eigenvalue weighted by Gasteiger charge is 2.36. The minimum atomic E-state index is -0.821. The van der Waals surface area contributed by atoms with Crippen LogP contribution in [0.4, 0.5) is 9.59 Å². The van der Waals surface area contributed by atoms with Crippen LogP contribution in [0.5, 0.6) is 0 Å². The number of urea groups is 2. The first kappa shape index (κ1) is 22.1. The Morgan fingerprint density at radius 1 is 0.656 bits per heavy atom. The van der Waals surface area contributed by atoms with Crippen molar-refractivity contribution in [3.05, 3.63) is 71.8 Å². The quantitative estimate of drug-likeness (QED) is 0.390. The standard InChI is InChI=1S/C22H18N4O6/c1-3-9-25-19(29)15(17(27)23-21(25)31)11-13-5-7-14(8-6-13)12-16-18(28)24-22(32)26(10-4-2)20(16)30/h3-8,11-12H,1-2,9-10H2,(H,23,27,31)(H,24,28,32)/b15-11-,16-12+. The van der Waals surface area contributed by atoms with Gasteiger partial charge in [0.2, 0.25) is 0 Å². The van der Waals surface area contributed by atoms with E-state index in [1.165, 1.54) is 24.3 Å². The molecule has 0 atom stereocenters. The van der Waals surface area contributed by atoms with E-state index in [1.807, 2.05) is 0 Å². The van der Waals surface area contributed by atoms with Gasteiger partial charge in [-0.05, 0) is 23.3 Å². The summed E-state index contributed by atoms with van der Waals surface area (Å²) in [4.78, 5) is 74.3. The van der Waals surface area contributed by atoms with Crippen LogP contribution in [0, 0.1) is 0 Å². The molecule has 2 aliphatic heterocycles. The van der Waals surface area contributed by atoms with Crippen LogP contribution < -0.4 is 10.6 Å². The Morgan fingerprint density at radius 2 is 1.00 bits per heavy atom. The van der Waals surface area contributed by atoms with E-state index in [0.29, 0.717) is 11.1 Å². The molecule has 10 nitrogen and oxygen atoms in total. The van der Waals surface area contributed by atoms with Gasteiger partial charge in [-0.1, -0.05) is 36.4 Å². The van der Waals surface area contributed by atoms with Gasteiger partial charge < -0.3 is 0 Å². The number of amides is 8. The Morgan fingerprint density at radius 3 is 1.31 bits per heavy atom. The number of carbonyl (C=O) groups excluding carboxylic acids is 6. The van der Waals surface area contributed by atoms with Crippen LogP contribution in [0.15, 0.2) is 60.7 Å². The van der Waals surface area contributed by atoms with Crippen LogP contribution in [0.25, 0.3) is 12.2 Å². The summed E-state index contributed by atoms with van der Waals surface area (Å²) in [6.07, 6.45) is 5.36. The molecule has 2 fully saturated rings. The van der Waals surface area contributed by atoms with Crippen molar-refractivity contribution in [2.75, 3.05) is 13.1 Å². The molecule has 0 unspecified atom stereocenters. The normalized spacial score (nSPS) is 19.4. The smallest absolute Gasteiger partial charge is 0.273 e. The van der Waals surface area contributed by atoms with Crippen LogP contribution in [0.3, 0.4) is 0 Å². The Labute approximate surface area is 182 Å². The maximum Gasteiger partial charge on any atom is 0.331 e.